The van der Waals surface area contributed by atoms with Gasteiger partial charge in [-0.3, -0.25) is 9.89 Å². The molecule has 0 spiro atoms. The number of benzene rings is 1. The summed E-state index contributed by atoms with van der Waals surface area (Å²) in [4.78, 5) is 15.5. The summed E-state index contributed by atoms with van der Waals surface area (Å²) in [6, 6.07) is 12.5. The summed E-state index contributed by atoms with van der Waals surface area (Å²) in [5, 5.41) is 12.5. The van der Waals surface area contributed by atoms with Crippen LogP contribution in [0.3, 0.4) is 0 Å². The van der Waals surface area contributed by atoms with Crippen LogP contribution in [0.2, 0.25) is 0 Å². The van der Waals surface area contributed by atoms with E-state index in [2.05, 4.69) is 26.5 Å². The average molecular weight is 370 g/mol. The van der Waals surface area contributed by atoms with Gasteiger partial charge in [-0.25, -0.2) is 4.39 Å². The maximum absolute atomic E-state index is 13.7. The van der Waals surface area contributed by atoms with Crippen molar-refractivity contribution in [2.45, 2.75) is 18.9 Å². The Bertz CT molecular complexity index is 893. The maximum Gasteiger partial charge on any atom is 0.224 e. The standard InChI is InChI=1S/C19H19FN4OS/c20-15-5-2-1-4-13(15)10-19(25)21-14-7-8-24(12-14)18-11-16(22-23-18)17-6-3-9-26-17/h1-6,9,11,14H,7-8,10,12H2,(H,21,25)(H,22,23)/t14-/m1/s1. The van der Waals surface area contributed by atoms with Gasteiger partial charge in [-0.15, -0.1) is 11.3 Å². The summed E-state index contributed by atoms with van der Waals surface area (Å²) in [7, 11) is 0. The lowest BCUT2D eigenvalue weighted by Crippen LogP contribution is -2.38. The summed E-state index contributed by atoms with van der Waals surface area (Å²) in [6.45, 7) is 1.54. The fourth-order valence-electron chi connectivity index (χ4n) is 3.21. The molecule has 0 radical (unpaired) electrons. The molecule has 1 aromatic carbocycles. The molecule has 5 nitrogen and oxygen atoms in total. The summed E-state index contributed by atoms with van der Waals surface area (Å²) in [5.41, 5.74) is 1.43. The third kappa shape index (κ3) is 3.62. The highest BCUT2D eigenvalue weighted by Crippen LogP contribution is 2.27. The minimum absolute atomic E-state index is 0.0520. The van der Waals surface area contributed by atoms with Gasteiger partial charge in [0.05, 0.1) is 17.0 Å². The second kappa shape index (κ2) is 7.29. The lowest BCUT2D eigenvalue weighted by atomic mass is 10.1. The van der Waals surface area contributed by atoms with Gasteiger partial charge in [0.25, 0.3) is 0 Å². The predicted molar refractivity (Wildman–Crippen MR) is 101 cm³/mol. The molecule has 0 bridgehead atoms. The molecule has 2 N–H and O–H groups in total. The van der Waals surface area contributed by atoms with Gasteiger partial charge in [-0.05, 0) is 29.5 Å². The van der Waals surface area contributed by atoms with E-state index < -0.39 is 0 Å². The van der Waals surface area contributed by atoms with Crippen LogP contribution in [0.1, 0.15) is 12.0 Å². The number of thiophene rings is 1. The number of anilines is 1. The predicted octanol–water partition coefficient (Wildman–Crippen LogP) is 3.21. The zero-order chi connectivity index (χ0) is 17.9. The van der Waals surface area contributed by atoms with Crippen LogP contribution in [0.4, 0.5) is 10.2 Å². The van der Waals surface area contributed by atoms with Crippen LogP contribution in [-0.4, -0.2) is 35.2 Å². The highest BCUT2D eigenvalue weighted by molar-refractivity contribution is 7.13. The molecule has 1 amide bonds. The summed E-state index contributed by atoms with van der Waals surface area (Å²) in [5.74, 6) is 0.399. The number of nitrogens with one attached hydrogen (secondary N) is 2. The highest BCUT2D eigenvalue weighted by Gasteiger charge is 2.26. The zero-order valence-electron chi connectivity index (χ0n) is 14.1. The third-order valence-corrected chi connectivity index (χ3v) is 5.44. The number of amides is 1. The largest absolute Gasteiger partial charge is 0.353 e. The van der Waals surface area contributed by atoms with Crippen molar-refractivity contribution >= 4 is 23.1 Å². The number of H-pyrrole nitrogens is 1. The minimum atomic E-state index is -0.340. The molecule has 4 rings (SSSR count). The fraction of sp³-hybridized carbons (Fsp3) is 0.263. The maximum atomic E-state index is 13.7. The Labute approximate surface area is 154 Å². The Hall–Kier alpha value is -2.67. The number of hydrogen-bond acceptors (Lipinski definition) is 4. The van der Waals surface area contributed by atoms with E-state index >= 15 is 0 Å². The second-order valence-electron chi connectivity index (χ2n) is 6.38. The lowest BCUT2D eigenvalue weighted by molar-refractivity contribution is -0.121. The van der Waals surface area contributed by atoms with Gasteiger partial charge in [-0.1, -0.05) is 24.3 Å². The van der Waals surface area contributed by atoms with Gasteiger partial charge in [0.15, 0.2) is 5.82 Å². The highest BCUT2D eigenvalue weighted by atomic mass is 32.1. The van der Waals surface area contributed by atoms with Crippen LogP contribution in [0.15, 0.2) is 47.8 Å². The summed E-state index contributed by atoms with van der Waals surface area (Å²) < 4.78 is 13.7. The molecule has 0 unspecified atom stereocenters. The number of rotatable bonds is 5. The van der Waals surface area contributed by atoms with Crippen molar-refractivity contribution < 1.29 is 9.18 Å². The molecule has 1 aliphatic rings. The van der Waals surface area contributed by atoms with E-state index in [1.54, 1.807) is 29.5 Å². The Balaban J connectivity index is 1.34. The smallest absolute Gasteiger partial charge is 0.224 e. The molecule has 1 aliphatic heterocycles. The monoisotopic (exact) mass is 370 g/mol. The SMILES string of the molecule is O=C(Cc1ccccc1F)N[C@@H]1CCN(c2cc(-c3cccs3)[nH]n2)C1. The van der Waals surface area contributed by atoms with Gasteiger partial charge in [0.1, 0.15) is 5.82 Å². The molecular weight excluding hydrogens is 351 g/mol. The van der Waals surface area contributed by atoms with Crippen LogP contribution in [0.25, 0.3) is 10.6 Å². The average Bonchev–Trinajstić information content (AvgIpc) is 3.37. The quantitative estimate of drug-likeness (QED) is 0.725. The third-order valence-electron chi connectivity index (χ3n) is 4.54. The van der Waals surface area contributed by atoms with Crippen LogP contribution in [0, 0.1) is 5.82 Å². The van der Waals surface area contributed by atoms with Crippen molar-refractivity contribution in [3.05, 3.63) is 59.2 Å². The van der Waals surface area contributed by atoms with E-state index in [0.29, 0.717) is 12.1 Å². The van der Waals surface area contributed by atoms with Crippen LogP contribution >= 0.6 is 11.3 Å². The van der Waals surface area contributed by atoms with Crippen molar-refractivity contribution in [1.29, 1.82) is 0 Å². The number of carbonyl (C=O) groups excluding carboxylic acids is 1. The Kier molecular flexibility index (Phi) is 4.71. The number of aromatic amines is 1. The van der Waals surface area contributed by atoms with Crippen LogP contribution < -0.4 is 10.2 Å². The van der Waals surface area contributed by atoms with Crippen molar-refractivity contribution in [2.24, 2.45) is 0 Å². The van der Waals surface area contributed by atoms with E-state index in [4.69, 9.17) is 0 Å². The first-order chi connectivity index (χ1) is 12.7. The van der Waals surface area contributed by atoms with E-state index in [0.717, 1.165) is 29.4 Å². The molecule has 1 saturated heterocycles. The molecule has 1 fully saturated rings. The molecule has 0 aliphatic carbocycles. The zero-order valence-corrected chi connectivity index (χ0v) is 14.9. The Morgan fingerprint density at radius 1 is 1.35 bits per heavy atom. The topological polar surface area (TPSA) is 61.0 Å². The molecule has 7 heteroatoms. The molecule has 134 valence electrons. The molecule has 1 atom stereocenters. The van der Waals surface area contributed by atoms with Crippen molar-refractivity contribution in [1.82, 2.24) is 15.5 Å². The first kappa shape index (κ1) is 16.8. The second-order valence-corrected chi connectivity index (χ2v) is 7.33. The molecule has 26 heavy (non-hydrogen) atoms. The van der Waals surface area contributed by atoms with Gasteiger partial charge in [-0.2, -0.15) is 5.10 Å². The Morgan fingerprint density at radius 3 is 3.04 bits per heavy atom. The van der Waals surface area contributed by atoms with Gasteiger partial charge >= 0.3 is 0 Å². The molecule has 3 aromatic rings. The summed E-state index contributed by atoms with van der Waals surface area (Å²) >= 11 is 1.67. The Morgan fingerprint density at radius 2 is 2.23 bits per heavy atom. The van der Waals surface area contributed by atoms with Crippen LogP contribution in [-0.2, 0) is 11.2 Å². The van der Waals surface area contributed by atoms with Gasteiger partial charge in [0.2, 0.25) is 5.91 Å². The normalized spacial score (nSPS) is 16.8. The number of nitrogens with zero attached hydrogens (tertiary/aromatic N) is 2. The first-order valence-electron chi connectivity index (χ1n) is 8.56. The molecule has 3 heterocycles. The number of aromatic nitrogens is 2. The van der Waals surface area contributed by atoms with Crippen molar-refractivity contribution in [2.75, 3.05) is 18.0 Å². The molecule has 0 saturated carbocycles. The van der Waals surface area contributed by atoms with Crippen molar-refractivity contribution in [3.63, 3.8) is 0 Å². The van der Waals surface area contributed by atoms with Crippen molar-refractivity contribution in [3.8, 4) is 10.6 Å². The molecular formula is C19H19FN4OS. The fourth-order valence-corrected chi connectivity index (χ4v) is 3.90. The number of carbonyl (C=O) groups is 1. The van der Waals surface area contributed by atoms with E-state index in [9.17, 15) is 9.18 Å². The van der Waals surface area contributed by atoms with Gasteiger partial charge < -0.3 is 10.2 Å². The number of halogens is 1. The number of hydrogen-bond donors (Lipinski definition) is 2. The van der Waals surface area contributed by atoms with Crippen LogP contribution in [0.5, 0.6) is 0 Å². The van der Waals surface area contributed by atoms with E-state index in [1.165, 1.54) is 6.07 Å². The molecule has 2 aromatic heterocycles. The lowest BCUT2D eigenvalue weighted by Gasteiger charge is -2.16. The first-order valence-corrected chi connectivity index (χ1v) is 9.44. The minimum Gasteiger partial charge on any atom is -0.353 e. The van der Waals surface area contributed by atoms with E-state index in [1.807, 2.05) is 17.5 Å². The van der Waals surface area contributed by atoms with E-state index in [-0.39, 0.29) is 24.2 Å². The van der Waals surface area contributed by atoms with Gasteiger partial charge in [0, 0.05) is 25.2 Å². The summed E-state index contributed by atoms with van der Waals surface area (Å²) in [6.07, 6.45) is 0.915.